The van der Waals surface area contributed by atoms with E-state index in [1.165, 1.54) is 0 Å². The van der Waals surface area contributed by atoms with E-state index in [9.17, 15) is 4.79 Å². The first-order valence-corrected chi connectivity index (χ1v) is 6.48. The molecule has 19 heavy (non-hydrogen) atoms. The molecule has 0 saturated carbocycles. The third kappa shape index (κ3) is 2.63. The normalized spacial score (nSPS) is 10.7. The Morgan fingerprint density at radius 1 is 1.53 bits per heavy atom. The first kappa shape index (κ1) is 13.6. The SMILES string of the molecule is CCN(C)C(=O)Cn1c(=S)[nH]c2cc(OC)ccc21. The Kier molecular flexibility index (Phi) is 3.90. The minimum atomic E-state index is 0.0373. The van der Waals surface area contributed by atoms with Crippen LogP contribution in [0, 0.1) is 4.77 Å². The number of imidazole rings is 1. The lowest BCUT2D eigenvalue weighted by atomic mass is 10.3. The number of benzene rings is 1. The number of carbonyl (C=O) groups is 1. The Morgan fingerprint density at radius 3 is 2.89 bits per heavy atom. The number of likely N-dealkylation sites (N-methyl/N-ethyl adjacent to an activating group) is 1. The molecular weight excluding hydrogens is 262 g/mol. The predicted octanol–water partition coefficient (Wildman–Crippen LogP) is 2.19. The summed E-state index contributed by atoms with van der Waals surface area (Å²) in [4.78, 5) is 16.7. The smallest absolute Gasteiger partial charge is 0.242 e. The molecule has 0 spiro atoms. The number of hydrogen-bond acceptors (Lipinski definition) is 3. The minimum absolute atomic E-state index is 0.0373. The van der Waals surface area contributed by atoms with E-state index in [0.717, 1.165) is 16.8 Å². The van der Waals surface area contributed by atoms with E-state index >= 15 is 0 Å². The molecule has 0 bridgehead atoms. The number of amides is 1. The number of nitrogens with zero attached hydrogens (tertiary/aromatic N) is 2. The zero-order valence-corrected chi connectivity index (χ0v) is 12.1. The fourth-order valence-electron chi connectivity index (χ4n) is 1.86. The quantitative estimate of drug-likeness (QED) is 0.873. The van der Waals surface area contributed by atoms with E-state index in [1.54, 1.807) is 23.6 Å². The summed E-state index contributed by atoms with van der Waals surface area (Å²) < 4.78 is 7.52. The summed E-state index contributed by atoms with van der Waals surface area (Å²) in [5.41, 5.74) is 1.78. The van der Waals surface area contributed by atoms with Gasteiger partial charge in [0.2, 0.25) is 5.91 Å². The number of nitrogens with one attached hydrogen (secondary N) is 1. The molecule has 1 N–H and O–H groups in total. The molecule has 5 nitrogen and oxygen atoms in total. The summed E-state index contributed by atoms with van der Waals surface area (Å²) in [5, 5.41) is 0. The monoisotopic (exact) mass is 279 g/mol. The second kappa shape index (κ2) is 5.44. The Morgan fingerprint density at radius 2 is 2.26 bits per heavy atom. The summed E-state index contributed by atoms with van der Waals surface area (Å²) in [6.45, 7) is 2.87. The van der Waals surface area contributed by atoms with Crippen LogP contribution in [0.2, 0.25) is 0 Å². The summed E-state index contributed by atoms with van der Waals surface area (Å²) in [7, 11) is 3.40. The van der Waals surface area contributed by atoms with Crippen LogP contribution < -0.4 is 4.74 Å². The minimum Gasteiger partial charge on any atom is -0.497 e. The van der Waals surface area contributed by atoms with E-state index in [2.05, 4.69) is 4.98 Å². The number of aromatic amines is 1. The lowest BCUT2D eigenvalue weighted by Gasteiger charge is -2.15. The highest BCUT2D eigenvalue weighted by Crippen LogP contribution is 2.20. The number of hydrogen-bond donors (Lipinski definition) is 1. The van der Waals surface area contributed by atoms with Gasteiger partial charge in [-0.3, -0.25) is 4.79 Å². The van der Waals surface area contributed by atoms with Gasteiger partial charge in [0.1, 0.15) is 12.3 Å². The molecular formula is C13H17N3O2S. The maximum absolute atomic E-state index is 12.0. The standard InChI is InChI=1S/C13H17N3O2S/c1-4-15(2)12(17)8-16-11-6-5-9(18-3)7-10(11)14-13(16)19/h5-7H,4,8H2,1-3H3,(H,14,19). The van der Waals surface area contributed by atoms with Gasteiger partial charge >= 0.3 is 0 Å². The Labute approximate surface area is 116 Å². The third-order valence-corrected chi connectivity index (χ3v) is 3.50. The molecule has 0 radical (unpaired) electrons. The van der Waals surface area contributed by atoms with E-state index in [4.69, 9.17) is 17.0 Å². The number of fused-ring (bicyclic) bond motifs is 1. The molecule has 0 aliphatic heterocycles. The zero-order chi connectivity index (χ0) is 14.0. The van der Waals surface area contributed by atoms with Gasteiger partial charge in [-0.25, -0.2) is 0 Å². The second-order valence-electron chi connectivity index (χ2n) is 4.31. The van der Waals surface area contributed by atoms with E-state index in [0.29, 0.717) is 11.3 Å². The maximum Gasteiger partial charge on any atom is 0.242 e. The van der Waals surface area contributed by atoms with Crippen LogP contribution in [0.1, 0.15) is 6.92 Å². The first-order valence-electron chi connectivity index (χ1n) is 6.07. The number of ether oxygens (including phenoxy) is 1. The molecule has 102 valence electrons. The average Bonchev–Trinajstić information content (AvgIpc) is 2.73. The van der Waals surface area contributed by atoms with Gasteiger partial charge < -0.3 is 19.2 Å². The molecule has 2 rings (SSSR count). The summed E-state index contributed by atoms with van der Waals surface area (Å²) in [6.07, 6.45) is 0. The lowest BCUT2D eigenvalue weighted by molar-refractivity contribution is -0.130. The van der Waals surface area contributed by atoms with Crippen LogP contribution in [0.15, 0.2) is 18.2 Å². The first-order chi connectivity index (χ1) is 9.06. The van der Waals surface area contributed by atoms with Crippen LogP contribution in [0.3, 0.4) is 0 Å². The molecule has 2 aromatic rings. The van der Waals surface area contributed by atoms with Crippen LogP contribution >= 0.6 is 12.2 Å². The van der Waals surface area contributed by atoms with Crippen LogP contribution in [0.4, 0.5) is 0 Å². The summed E-state index contributed by atoms with van der Waals surface area (Å²) >= 11 is 5.27. The van der Waals surface area contributed by atoms with Gasteiger partial charge in [-0.1, -0.05) is 0 Å². The van der Waals surface area contributed by atoms with Crippen LogP contribution in [0.25, 0.3) is 11.0 Å². The number of carbonyl (C=O) groups excluding carboxylic acids is 1. The van der Waals surface area contributed by atoms with Crippen LogP contribution in [-0.2, 0) is 11.3 Å². The molecule has 0 aliphatic rings. The van der Waals surface area contributed by atoms with Crippen molar-refractivity contribution in [3.8, 4) is 5.75 Å². The Hall–Kier alpha value is -1.82. The molecule has 0 atom stereocenters. The highest BCUT2D eigenvalue weighted by molar-refractivity contribution is 7.71. The van der Waals surface area contributed by atoms with E-state index in [1.807, 2.05) is 25.1 Å². The summed E-state index contributed by atoms with van der Waals surface area (Å²) in [6, 6.07) is 5.63. The number of H-pyrrole nitrogens is 1. The fraction of sp³-hybridized carbons (Fsp3) is 0.385. The van der Waals surface area contributed by atoms with Crippen molar-refractivity contribution < 1.29 is 9.53 Å². The number of aromatic nitrogens is 2. The van der Waals surface area contributed by atoms with E-state index in [-0.39, 0.29) is 12.5 Å². The number of methoxy groups -OCH3 is 1. The second-order valence-corrected chi connectivity index (χ2v) is 4.69. The van der Waals surface area contributed by atoms with Gasteiger partial charge in [0.15, 0.2) is 4.77 Å². The van der Waals surface area contributed by atoms with E-state index < -0.39 is 0 Å². The topological polar surface area (TPSA) is 50.3 Å². The fourth-order valence-corrected chi connectivity index (χ4v) is 2.13. The average molecular weight is 279 g/mol. The van der Waals surface area contributed by atoms with Crippen molar-refractivity contribution in [1.82, 2.24) is 14.5 Å². The molecule has 0 aliphatic carbocycles. The van der Waals surface area contributed by atoms with Crippen molar-refractivity contribution in [2.75, 3.05) is 20.7 Å². The predicted molar refractivity (Wildman–Crippen MR) is 77.0 cm³/mol. The van der Waals surface area contributed by atoms with Gasteiger partial charge in [0.25, 0.3) is 0 Å². The van der Waals surface area contributed by atoms with Crippen molar-refractivity contribution in [2.45, 2.75) is 13.5 Å². The van der Waals surface area contributed by atoms with Crippen LogP contribution in [0.5, 0.6) is 5.75 Å². The molecule has 0 saturated heterocycles. The zero-order valence-electron chi connectivity index (χ0n) is 11.3. The van der Waals surface area contributed by atoms with Gasteiger partial charge in [-0.15, -0.1) is 0 Å². The van der Waals surface area contributed by atoms with Gasteiger partial charge in [-0.2, -0.15) is 0 Å². The third-order valence-electron chi connectivity index (χ3n) is 3.17. The molecule has 1 aromatic heterocycles. The van der Waals surface area contributed by atoms with Crippen molar-refractivity contribution in [3.63, 3.8) is 0 Å². The Bertz CT molecular complexity index is 659. The summed E-state index contributed by atoms with van der Waals surface area (Å²) in [5.74, 6) is 0.795. The molecule has 1 amide bonds. The lowest BCUT2D eigenvalue weighted by Crippen LogP contribution is -2.29. The van der Waals surface area contributed by atoms with Crippen molar-refractivity contribution in [2.24, 2.45) is 0 Å². The van der Waals surface area contributed by atoms with Crippen molar-refractivity contribution in [1.29, 1.82) is 0 Å². The number of rotatable bonds is 4. The molecule has 0 unspecified atom stereocenters. The van der Waals surface area contributed by atoms with Gasteiger partial charge in [0, 0.05) is 19.7 Å². The van der Waals surface area contributed by atoms with Gasteiger partial charge in [0.05, 0.1) is 18.1 Å². The maximum atomic E-state index is 12.0. The highest BCUT2D eigenvalue weighted by atomic mass is 32.1. The molecule has 1 heterocycles. The largest absolute Gasteiger partial charge is 0.497 e. The van der Waals surface area contributed by atoms with Gasteiger partial charge in [-0.05, 0) is 31.3 Å². The Balaban J connectivity index is 2.41. The molecule has 1 aromatic carbocycles. The molecule has 0 fully saturated rings. The molecule has 6 heteroatoms. The van der Waals surface area contributed by atoms with Crippen molar-refractivity contribution >= 4 is 29.2 Å². The van der Waals surface area contributed by atoms with Crippen LogP contribution in [-0.4, -0.2) is 41.1 Å². The van der Waals surface area contributed by atoms with Crippen molar-refractivity contribution in [3.05, 3.63) is 23.0 Å². The highest BCUT2D eigenvalue weighted by Gasteiger charge is 2.12.